The van der Waals surface area contributed by atoms with Gasteiger partial charge in [-0.2, -0.15) is 0 Å². The van der Waals surface area contributed by atoms with Crippen LogP contribution in [0.4, 0.5) is 0 Å². The van der Waals surface area contributed by atoms with Crippen molar-refractivity contribution in [1.82, 2.24) is 14.9 Å². The number of nitrogens with zero attached hydrogens (tertiary/aromatic N) is 2. The molecule has 158 valence electrons. The Balaban J connectivity index is 1.77. The van der Waals surface area contributed by atoms with Gasteiger partial charge in [-0.15, -0.1) is 11.3 Å². The lowest BCUT2D eigenvalue weighted by Gasteiger charge is -2.15. The van der Waals surface area contributed by atoms with Crippen LogP contribution in [0.3, 0.4) is 0 Å². The van der Waals surface area contributed by atoms with E-state index in [-0.39, 0.29) is 24.1 Å². The van der Waals surface area contributed by atoms with Crippen LogP contribution in [0.15, 0.2) is 41.5 Å². The van der Waals surface area contributed by atoms with Crippen LogP contribution in [-0.4, -0.2) is 40.7 Å². The van der Waals surface area contributed by atoms with Crippen molar-refractivity contribution >= 4 is 33.4 Å². The molecule has 3 aromatic rings. The van der Waals surface area contributed by atoms with Crippen LogP contribution in [0.2, 0.25) is 0 Å². The van der Waals surface area contributed by atoms with Gasteiger partial charge in [-0.3, -0.25) is 19.0 Å². The molecule has 0 bridgehead atoms. The van der Waals surface area contributed by atoms with Crippen molar-refractivity contribution in [2.24, 2.45) is 0 Å². The van der Waals surface area contributed by atoms with E-state index >= 15 is 0 Å². The lowest BCUT2D eigenvalue weighted by atomic mass is 10.2. The number of hydrogen-bond donors (Lipinski definition) is 1. The summed E-state index contributed by atoms with van der Waals surface area (Å²) in [6.07, 6.45) is 0.366. The smallest absolute Gasteiger partial charge is 0.326 e. The molecular formula is C21H23N3O5S. The van der Waals surface area contributed by atoms with Crippen LogP contribution < -0.4 is 15.6 Å². The minimum atomic E-state index is -0.948. The van der Waals surface area contributed by atoms with E-state index in [1.807, 2.05) is 44.2 Å². The summed E-state index contributed by atoms with van der Waals surface area (Å²) in [5.74, 6) is -0.326. The largest absolute Gasteiger partial charge is 0.497 e. The minimum absolute atomic E-state index is 0.0633. The molecule has 0 aliphatic rings. The Morgan fingerprint density at radius 3 is 2.53 bits per heavy atom. The predicted molar refractivity (Wildman–Crippen MR) is 115 cm³/mol. The van der Waals surface area contributed by atoms with E-state index in [0.29, 0.717) is 10.2 Å². The molecule has 2 heterocycles. The van der Waals surface area contributed by atoms with Crippen molar-refractivity contribution in [3.05, 3.63) is 47.0 Å². The first-order chi connectivity index (χ1) is 14.3. The number of hydrogen-bond acceptors (Lipinski definition) is 7. The van der Waals surface area contributed by atoms with Gasteiger partial charge in [0.15, 0.2) is 6.10 Å². The lowest BCUT2D eigenvalue weighted by Crippen LogP contribution is -2.40. The number of fused-ring (bicyclic) bond motifs is 1. The third kappa shape index (κ3) is 4.85. The van der Waals surface area contributed by atoms with Gasteiger partial charge in [0.1, 0.15) is 17.0 Å². The first-order valence-corrected chi connectivity index (χ1v) is 10.2. The van der Waals surface area contributed by atoms with Gasteiger partial charge in [0.2, 0.25) is 0 Å². The monoisotopic (exact) mass is 429 g/mol. The van der Waals surface area contributed by atoms with Crippen LogP contribution in [0.1, 0.15) is 20.8 Å². The number of esters is 1. The minimum Gasteiger partial charge on any atom is -0.497 e. The number of methoxy groups -OCH3 is 1. The molecule has 0 aliphatic carbocycles. The van der Waals surface area contributed by atoms with Gasteiger partial charge in [-0.05, 0) is 56.7 Å². The van der Waals surface area contributed by atoms with Crippen molar-refractivity contribution in [3.8, 4) is 16.2 Å². The lowest BCUT2D eigenvalue weighted by molar-refractivity contribution is -0.155. The van der Waals surface area contributed by atoms with Gasteiger partial charge in [-0.25, -0.2) is 4.98 Å². The van der Waals surface area contributed by atoms with Crippen molar-refractivity contribution in [1.29, 1.82) is 0 Å². The van der Waals surface area contributed by atoms with Gasteiger partial charge in [0, 0.05) is 10.9 Å². The average Bonchev–Trinajstić information content (AvgIpc) is 3.15. The van der Waals surface area contributed by atoms with E-state index in [9.17, 15) is 14.4 Å². The zero-order chi connectivity index (χ0) is 21.8. The molecule has 1 aromatic carbocycles. The number of rotatable bonds is 7. The van der Waals surface area contributed by atoms with Gasteiger partial charge in [0.05, 0.1) is 19.0 Å². The molecule has 1 atom stereocenters. The molecule has 8 nitrogen and oxygen atoms in total. The number of nitrogens with one attached hydrogen (secondary N) is 1. The van der Waals surface area contributed by atoms with E-state index in [0.717, 1.165) is 16.2 Å². The second-order valence-corrected chi connectivity index (χ2v) is 8.08. The summed E-state index contributed by atoms with van der Waals surface area (Å²) in [5.41, 5.74) is 1.17. The molecule has 9 heteroatoms. The van der Waals surface area contributed by atoms with E-state index in [1.165, 1.54) is 29.2 Å². The van der Waals surface area contributed by atoms with Crippen LogP contribution in [0, 0.1) is 0 Å². The number of benzene rings is 1. The SMILES string of the molecule is COc1ccc(-c2cc3ncn(CC(=O)OC(C)C(=O)NC(C)C)c(=O)c3s2)cc1. The molecular weight excluding hydrogens is 406 g/mol. The molecule has 1 N–H and O–H groups in total. The molecule has 0 saturated heterocycles. The maximum Gasteiger partial charge on any atom is 0.326 e. The normalized spacial score (nSPS) is 12.0. The topological polar surface area (TPSA) is 99.5 Å². The summed E-state index contributed by atoms with van der Waals surface area (Å²) in [4.78, 5) is 42.1. The molecule has 3 rings (SSSR count). The van der Waals surface area contributed by atoms with Crippen molar-refractivity contribution in [2.45, 2.75) is 39.5 Å². The molecule has 1 unspecified atom stereocenters. The Morgan fingerprint density at radius 1 is 1.20 bits per heavy atom. The standard InChI is InChI=1S/C21H23N3O5S/c1-12(2)23-20(26)13(3)29-18(25)10-24-11-22-16-9-17(30-19(16)21(24)27)14-5-7-15(28-4)8-6-14/h5-9,11-13H,10H2,1-4H3,(H,23,26). The summed E-state index contributed by atoms with van der Waals surface area (Å²) in [6, 6.07) is 9.28. The van der Waals surface area contributed by atoms with Gasteiger partial charge >= 0.3 is 5.97 Å². The fourth-order valence-electron chi connectivity index (χ4n) is 2.78. The molecule has 0 fully saturated rings. The predicted octanol–water partition coefficient (Wildman–Crippen LogP) is 2.59. The Labute approximate surface area is 177 Å². The fourth-order valence-corrected chi connectivity index (χ4v) is 3.85. The van der Waals surface area contributed by atoms with Crippen molar-refractivity contribution in [3.63, 3.8) is 0 Å². The Bertz CT molecular complexity index is 1120. The molecule has 0 aliphatic heterocycles. The number of aromatic nitrogens is 2. The fraction of sp³-hybridized carbons (Fsp3) is 0.333. The summed E-state index contributed by atoms with van der Waals surface area (Å²) >= 11 is 1.30. The van der Waals surface area contributed by atoms with Crippen LogP contribution in [0.25, 0.3) is 20.7 Å². The van der Waals surface area contributed by atoms with Crippen LogP contribution in [0.5, 0.6) is 5.75 Å². The van der Waals surface area contributed by atoms with E-state index in [4.69, 9.17) is 9.47 Å². The molecule has 0 radical (unpaired) electrons. The summed E-state index contributed by atoms with van der Waals surface area (Å²) < 4.78 is 11.9. The number of carbonyl (C=O) groups is 2. The molecule has 0 spiro atoms. The second-order valence-electron chi connectivity index (χ2n) is 7.03. The number of ether oxygens (including phenoxy) is 2. The second kappa shape index (κ2) is 9.08. The number of thiophene rings is 1. The van der Waals surface area contributed by atoms with Crippen LogP contribution in [-0.2, 0) is 20.9 Å². The highest BCUT2D eigenvalue weighted by atomic mass is 32.1. The summed E-state index contributed by atoms with van der Waals surface area (Å²) in [5, 5.41) is 2.67. The maximum absolute atomic E-state index is 12.8. The van der Waals surface area contributed by atoms with Crippen molar-refractivity contribution < 1.29 is 19.1 Å². The Kier molecular flexibility index (Phi) is 6.51. The first-order valence-electron chi connectivity index (χ1n) is 9.41. The zero-order valence-electron chi connectivity index (χ0n) is 17.2. The molecule has 0 saturated carbocycles. The third-order valence-electron chi connectivity index (χ3n) is 4.29. The summed E-state index contributed by atoms with van der Waals surface area (Å²) in [7, 11) is 1.60. The van der Waals surface area contributed by atoms with Crippen LogP contribution >= 0.6 is 11.3 Å². The third-order valence-corrected chi connectivity index (χ3v) is 5.45. The van der Waals surface area contributed by atoms with Gasteiger partial charge < -0.3 is 14.8 Å². The highest BCUT2D eigenvalue weighted by Gasteiger charge is 2.19. The van der Waals surface area contributed by atoms with E-state index in [2.05, 4.69) is 10.3 Å². The number of amides is 1. The maximum atomic E-state index is 12.8. The van der Waals surface area contributed by atoms with Gasteiger partial charge in [0.25, 0.3) is 11.5 Å². The van der Waals surface area contributed by atoms with E-state index in [1.54, 1.807) is 7.11 Å². The number of carbonyl (C=O) groups excluding carboxylic acids is 2. The van der Waals surface area contributed by atoms with Gasteiger partial charge in [-0.1, -0.05) is 0 Å². The Hall–Kier alpha value is -3.20. The van der Waals surface area contributed by atoms with E-state index < -0.39 is 12.1 Å². The average molecular weight is 429 g/mol. The summed E-state index contributed by atoms with van der Waals surface area (Å²) in [6.45, 7) is 4.79. The Morgan fingerprint density at radius 2 is 1.90 bits per heavy atom. The highest BCUT2D eigenvalue weighted by Crippen LogP contribution is 2.31. The molecule has 2 aromatic heterocycles. The zero-order valence-corrected chi connectivity index (χ0v) is 18.0. The molecule has 1 amide bonds. The highest BCUT2D eigenvalue weighted by molar-refractivity contribution is 7.22. The molecule has 30 heavy (non-hydrogen) atoms. The van der Waals surface area contributed by atoms with Crippen molar-refractivity contribution in [2.75, 3.05) is 7.11 Å². The quantitative estimate of drug-likeness (QED) is 0.580. The first kappa shape index (κ1) is 21.5.